The number of nitrogens with one attached hydrogen (secondary N) is 1. The summed E-state index contributed by atoms with van der Waals surface area (Å²) in [5.41, 5.74) is 4.57. The third-order valence-corrected chi connectivity index (χ3v) is 5.64. The van der Waals surface area contributed by atoms with Crippen LogP contribution in [0, 0.1) is 0 Å². The summed E-state index contributed by atoms with van der Waals surface area (Å²) in [6, 6.07) is 12.2. The molecule has 170 valence electrons. The average molecular weight is 438 g/mol. The van der Waals surface area contributed by atoms with E-state index in [0.717, 1.165) is 56.1 Å². The predicted octanol–water partition coefficient (Wildman–Crippen LogP) is 3.15. The summed E-state index contributed by atoms with van der Waals surface area (Å²) in [4.78, 5) is 19.4. The molecule has 0 spiro atoms. The molecule has 0 bridgehead atoms. The molecule has 0 unspecified atom stereocenters. The SMILES string of the molecule is CCOc1cc2c(cc1OCC)C(c1ccc(CCN3CCOCC3)cc1)=NCC(=O)N2. The summed E-state index contributed by atoms with van der Waals surface area (Å²) in [5, 5.41) is 2.95. The lowest BCUT2D eigenvalue weighted by molar-refractivity contribution is -0.114. The van der Waals surface area contributed by atoms with E-state index in [1.807, 2.05) is 26.0 Å². The Balaban J connectivity index is 1.59. The molecule has 1 saturated heterocycles. The number of amides is 1. The van der Waals surface area contributed by atoms with Gasteiger partial charge in [0.2, 0.25) is 5.91 Å². The molecule has 2 aromatic rings. The van der Waals surface area contributed by atoms with Crippen LogP contribution in [0.4, 0.5) is 5.69 Å². The van der Waals surface area contributed by atoms with Crippen molar-refractivity contribution < 1.29 is 19.0 Å². The highest BCUT2D eigenvalue weighted by atomic mass is 16.5. The number of carbonyl (C=O) groups excluding carboxylic acids is 1. The number of anilines is 1. The fraction of sp³-hybridized carbons (Fsp3) is 0.440. The van der Waals surface area contributed by atoms with Crippen LogP contribution in [0.25, 0.3) is 0 Å². The van der Waals surface area contributed by atoms with Crippen LogP contribution in [0.5, 0.6) is 11.5 Å². The number of morpholine rings is 1. The summed E-state index contributed by atoms with van der Waals surface area (Å²) in [6.07, 6.45) is 0.996. The smallest absolute Gasteiger partial charge is 0.246 e. The standard InChI is InChI=1S/C25H31N3O4/c1-3-31-22-15-20-21(16-23(22)32-4-2)27-24(29)17-26-25(20)19-7-5-18(6-8-19)9-10-28-11-13-30-14-12-28/h5-8,15-16H,3-4,9-14,17H2,1-2H3,(H,27,29). The Kier molecular flexibility index (Phi) is 7.39. The second kappa shape index (κ2) is 10.6. The van der Waals surface area contributed by atoms with Gasteiger partial charge < -0.3 is 19.5 Å². The molecule has 2 aliphatic heterocycles. The predicted molar refractivity (Wildman–Crippen MR) is 125 cm³/mol. The van der Waals surface area contributed by atoms with Crippen molar-refractivity contribution in [2.45, 2.75) is 20.3 Å². The first-order chi connectivity index (χ1) is 15.7. The number of hydrogen-bond acceptors (Lipinski definition) is 6. The lowest BCUT2D eigenvalue weighted by Crippen LogP contribution is -2.37. The summed E-state index contributed by atoms with van der Waals surface area (Å²) in [7, 11) is 0. The second-order valence-electron chi connectivity index (χ2n) is 7.82. The van der Waals surface area contributed by atoms with Gasteiger partial charge in [-0.1, -0.05) is 24.3 Å². The Hall–Kier alpha value is -2.90. The maximum absolute atomic E-state index is 12.3. The van der Waals surface area contributed by atoms with Gasteiger partial charge in [0.25, 0.3) is 0 Å². The van der Waals surface area contributed by atoms with Crippen LogP contribution in [0.1, 0.15) is 30.5 Å². The highest BCUT2D eigenvalue weighted by molar-refractivity contribution is 6.19. The Labute approximate surface area is 189 Å². The van der Waals surface area contributed by atoms with Gasteiger partial charge in [-0.3, -0.25) is 14.7 Å². The minimum atomic E-state index is -0.144. The summed E-state index contributed by atoms with van der Waals surface area (Å²) in [5.74, 6) is 1.13. The van der Waals surface area contributed by atoms with Crippen LogP contribution < -0.4 is 14.8 Å². The van der Waals surface area contributed by atoms with E-state index in [4.69, 9.17) is 14.2 Å². The molecule has 0 saturated carbocycles. The highest BCUT2D eigenvalue weighted by Crippen LogP contribution is 2.36. The molecule has 0 atom stereocenters. The second-order valence-corrected chi connectivity index (χ2v) is 7.82. The first-order valence-corrected chi connectivity index (χ1v) is 11.4. The van der Waals surface area contributed by atoms with Crippen molar-refractivity contribution in [3.63, 3.8) is 0 Å². The molecule has 2 aliphatic rings. The molecule has 1 amide bonds. The van der Waals surface area contributed by atoms with Crippen molar-refractivity contribution in [1.29, 1.82) is 0 Å². The molecule has 2 heterocycles. The minimum Gasteiger partial charge on any atom is -0.490 e. The Morgan fingerprint density at radius 3 is 2.41 bits per heavy atom. The van der Waals surface area contributed by atoms with Gasteiger partial charge in [-0.15, -0.1) is 0 Å². The van der Waals surface area contributed by atoms with E-state index < -0.39 is 0 Å². The molecule has 1 fully saturated rings. The van der Waals surface area contributed by atoms with Crippen LogP contribution in [-0.2, 0) is 16.0 Å². The topological polar surface area (TPSA) is 72.4 Å². The van der Waals surface area contributed by atoms with Crippen molar-refractivity contribution in [3.05, 3.63) is 53.1 Å². The van der Waals surface area contributed by atoms with Crippen LogP contribution >= 0.6 is 0 Å². The van der Waals surface area contributed by atoms with Crippen molar-refractivity contribution in [2.24, 2.45) is 4.99 Å². The van der Waals surface area contributed by atoms with Gasteiger partial charge in [-0.05, 0) is 31.9 Å². The first-order valence-electron chi connectivity index (χ1n) is 11.4. The number of nitrogens with zero attached hydrogens (tertiary/aromatic N) is 2. The quantitative estimate of drug-likeness (QED) is 0.687. The molecule has 0 aliphatic carbocycles. The Morgan fingerprint density at radius 2 is 1.72 bits per heavy atom. The van der Waals surface area contributed by atoms with E-state index in [2.05, 4.69) is 39.5 Å². The number of rotatable bonds is 8. The molecule has 1 N–H and O–H groups in total. The molecular formula is C25H31N3O4. The van der Waals surface area contributed by atoms with Gasteiger partial charge in [-0.25, -0.2) is 0 Å². The number of benzene rings is 2. The summed E-state index contributed by atoms with van der Waals surface area (Å²) >= 11 is 0. The minimum absolute atomic E-state index is 0.0801. The van der Waals surface area contributed by atoms with Crippen LogP contribution in [0.15, 0.2) is 41.4 Å². The zero-order chi connectivity index (χ0) is 22.3. The molecule has 32 heavy (non-hydrogen) atoms. The largest absolute Gasteiger partial charge is 0.490 e. The van der Waals surface area contributed by atoms with E-state index in [9.17, 15) is 4.79 Å². The fourth-order valence-corrected chi connectivity index (χ4v) is 4.01. The number of carbonyl (C=O) groups is 1. The molecule has 7 nitrogen and oxygen atoms in total. The zero-order valence-electron chi connectivity index (χ0n) is 18.9. The summed E-state index contributed by atoms with van der Waals surface area (Å²) < 4.78 is 17.0. The van der Waals surface area contributed by atoms with Crippen LogP contribution in [-0.4, -0.2) is 69.1 Å². The molecule has 0 radical (unpaired) electrons. The van der Waals surface area contributed by atoms with E-state index in [-0.39, 0.29) is 12.5 Å². The van der Waals surface area contributed by atoms with E-state index in [0.29, 0.717) is 30.4 Å². The lowest BCUT2D eigenvalue weighted by Gasteiger charge is -2.26. The maximum atomic E-state index is 12.3. The number of aliphatic imine (C=N–C) groups is 1. The number of ether oxygens (including phenoxy) is 3. The first kappa shape index (κ1) is 22.3. The van der Waals surface area contributed by atoms with Gasteiger partial charge in [0.05, 0.1) is 37.8 Å². The Morgan fingerprint density at radius 1 is 1.03 bits per heavy atom. The normalized spacial score (nSPS) is 16.6. The number of hydrogen-bond donors (Lipinski definition) is 1. The molecule has 2 aromatic carbocycles. The average Bonchev–Trinajstić information content (AvgIpc) is 2.97. The number of fused-ring (bicyclic) bond motifs is 1. The van der Waals surface area contributed by atoms with E-state index >= 15 is 0 Å². The van der Waals surface area contributed by atoms with E-state index in [1.165, 1.54) is 5.56 Å². The van der Waals surface area contributed by atoms with Gasteiger partial charge in [0, 0.05) is 36.8 Å². The molecular weight excluding hydrogens is 406 g/mol. The van der Waals surface area contributed by atoms with Gasteiger partial charge in [0.15, 0.2) is 11.5 Å². The number of benzodiazepines with no additional fused rings is 1. The molecule has 7 heteroatoms. The van der Waals surface area contributed by atoms with Gasteiger partial charge in [-0.2, -0.15) is 0 Å². The maximum Gasteiger partial charge on any atom is 0.246 e. The van der Waals surface area contributed by atoms with E-state index in [1.54, 1.807) is 0 Å². The summed E-state index contributed by atoms with van der Waals surface area (Å²) in [6.45, 7) is 9.65. The van der Waals surface area contributed by atoms with Crippen molar-refractivity contribution >= 4 is 17.3 Å². The monoisotopic (exact) mass is 437 g/mol. The fourth-order valence-electron chi connectivity index (χ4n) is 4.01. The lowest BCUT2D eigenvalue weighted by atomic mass is 9.98. The van der Waals surface area contributed by atoms with Crippen molar-refractivity contribution in [3.8, 4) is 11.5 Å². The van der Waals surface area contributed by atoms with Crippen molar-refractivity contribution in [1.82, 2.24) is 4.90 Å². The van der Waals surface area contributed by atoms with Gasteiger partial charge in [0.1, 0.15) is 6.54 Å². The molecule has 0 aromatic heterocycles. The third kappa shape index (κ3) is 5.29. The zero-order valence-corrected chi connectivity index (χ0v) is 18.9. The van der Waals surface area contributed by atoms with Crippen molar-refractivity contribution in [2.75, 3.05) is 57.9 Å². The Bertz CT molecular complexity index is 966. The third-order valence-electron chi connectivity index (χ3n) is 5.64. The highest BCUT2D eigenvalue weighted by Gasteiger charge is 2.22. The van der Waals surface area contributed by atoms with Crippen LogP contribution in [0.2, 0.25) is 0 Å². The van der Waals surface area contributed by atoms with Gasteiger partial charge >= 0.3 is 0 Å². The molecule has 4 rings (SSSR count). The van der Waals surface area contributed by atoms with Crippen LogP contribution in [0.3, 0.4) is 0 Å².